The quantitative estimate of drug-likeness (QED) is 0.849. The van der Waals surface area contributed by atoms with Crippen LogP contribution in [0, 0.1) is 0 Å². The van der Waals surface area contributed by atoms with Gasteiger partial charge < -0.3 is 10.6 Å². The third-order valence-corrected chi connectivity index (χ3v) is 3.32. The number of amides is 1. The van der Waals surface area contributed by atoms with Gasteiger partial charge in [0.05, 0.1) is 11.6 Å². The predicted octanol–water partition coefficient (Wildman–Crippen LogP) is 3.17. The molecule has 0 aliphatic heterocycles. The summed E-state index contributed by atoms with van der Waals surface area (Å²) < 4.78 is 37.6. The number of anilines is 1. The molecule has 1 aromatic carbocycles. The van der Waals surface area contributed by atoms with Crippen LogP contribution in [0.3, 0.4) is 0 Å². The lowest BCUT2D eigenvalue weighted by Crippen LogP contribution is -2.28. The number of aromatic nitrogens is 2. The zero-order valence-electron chi connectivity index (χ0n) is 13.0. The number of alkyl halides is 3. The van der Waals surface area contributed by atoms with Crippen LogP contribution < -0.4 is 10.6 Å². The molecule has 1 atom stereocenters. The van der Waals surface area contributed by atoms with Gasteiger partial charge in [-0.2, -0.15) is 13.2 Å². The number of nitrogens with one attached hydrogen (secondary N) is 2. The fourth-order valence-electron chi connectivity index (χ4n) is 2.04. The van der Waals surface area contributed by atoms with Crippen molar-refractivity contribution < 1.29 is 18.0 Å². The van der Waals surface area contributed by atoms with Crippen molar-refractivity contribution in [3.05, 3.63) is 53.9 Å². The maximum absolute atomic E-state index is 12.5. The molecule has 0 fully saturated rings. The van der Waals surface area contributed by atoms with Gasteiger partial charge in [0.2, 0.25) is 11.9 Å². The van der Waals surface area contributed by atoms with Crippen LogP contribution >= 0.6 is 0 Å². The van der Waals surface area contributed by atoms with E-state index in [4.69, 9.17) is 0 Å². The SMILES string of the molecule is CC(NC(=O)CCNc1ncccn1)c1ccc(C(F)(F)F)cc1. The second-order valence-electron chi connectivity index (χ2n) is 5.16. The number of carbonyl (C=O) groups excluding carboxylic acids is 1. The topological polar surface area (TPSA) is 66.9 Å². The molecule has 24 heavy (non-hydrogen) atoms. The number of hydrogen-bond acceptors (Lipinski definition) is 4. The average Bonchev–Trinajstić information content (AvgIpc) is 2.55. The third-order valence-electron chi connectivity index (χ3n) is 3.32. The van der Waals surface area contributed by atoms with Crippen molar-refractivity contribution >= 4 is 11.9 Å². The van der Waals surface area contributed by atoms with Gasteiger partial charge in [-0.05, 0) is 30.7 Å². The molecule has 2 rings (SSSR count). The Balaban J connectivity index is 1.80. The van der Waals surface area contributed by atoms with Gasteiger partial charge in [0.15, 0.2) is 0 Å². The van der Waals surface area contributed by atoms with E-state index >= 15 is 0 Å². The van der Waals surface area contributed by atoms with Crippen LogP contribution in [0.4, 0.5) is 19.1 Å². The summed E-state index contributed by atoms with van der Waals surface area (Å²) in [5.74, 6) is 0.215. The molecule has 2 N–H and O–H groups in total. The summed E-state index contributed by atoms with van der Waals surface area (Å²) in [4.78, 5) is 19.8. The highest BCUT2D eigenvalue weighted by molar-refractivity contribution is 5.76. The molecule has 0 aliphatic rings. The number of rotatable bonds is 6. The average molecular weight is 338 g/mol. The predicted molar refractivity (Wildman–Crippen MR) is 83.1 cm³/mol. The molecule has 1 amide bonds. The summed E-state index contributed by atoms with van der Waals surface area (Å²) in [6.07, 6.45) is -0.996. The number of hydrogen-bond donors (Lipinski definition) is 2. The smallest absolute Gasteiger partial charge is 0.354 e. The Morgan fingerprint density at radius 1 is 1.17 bits per heavy atom. The Kier molecular flexibility index (Phi) is 5.73. The second-order valence-corrected chi connectivity index (χ2v) is 5.16. The summed E-state index contributed by atoms with van der Waals surface area (Å²) in [6, 6.07) is 6.04. The first-order valence-corrected chi connectivity index (χ1v) is 7.33. The highest BCUT2D eigenvalue weighted by Gasteiger charge is 2.30. The summed E-state index contributed by atoms with van der Waals surface area (Å²) >= 11 is 0. The molecule has 1 aromatic heterocycles. The van der Waals surface area contributed by atoms with E-state index in [2.05, 4.69) is 20.6 Å². The fourth-order valence-corrected chi connectivity index (χ4v) is 2.04. The minimum atomic E-state index is -4.36. The molecule has 0 bridgehead atoms. The van der Waals surface area contributed by atoms with Gasteiger partial charge in [-0.3, -0.25) is 4.79 Å². The Bertz CT molecular complexity index is 659. The van der Waals surface area contributed by atoms with Crippen LogP contribution in [0.2, 0.25) is 0 Å². The van der Waals surface area contributed by atoms with Crippen molar-refractivity contribution in [2.45, 2.75) is 25.6 Å². The lowest BCUT2D eigenvalue weighted by molar-refractivity contribution is -0.137. The summed E-state index contributed by atoms with van der Waals surface area (Å²) in [5, 5.41) is 5.64. The maximum atomic E-state index is 12.5. The van der Waals surface area contributed by atoms with Gasteiger partial charge in [-0.25, -0.2) is 9.97 Å². The highest BCUT2D eigenvalue weighted by atomic mass is 19.4. The van der Waals surface area contributed by atoms with E-state index < -0.39 is 11.7 Å². The molecular formula is C16H17F3N4O. The maximum Gasteiger partial charge on any atom is 0.416 e. The highest BCUT2D eigenvalue weighted by Crippen LogP contribution is 2.29. The Morgan fingerprint density at radius 2 is 1.79 bits per heavy atom. The Morgan fingerprint density at radius 3 is 2.38 bits per heavy atom. The first kappa shape index (κ1) is 17.7. The number of benzene rings is 1. The zero-order valence-corrected chi connectivity index (χ0v) is 13.0. The molecule has 0 spiro atoms. The molecule has 0 radical (unpaired) electrons. The van der Waals surface area contributed by atoms with Gasteiger partial charge in [-0.1, -0.05) is 12.1 Å². The first-order valence-electron chi connectivity index (χ1n) is 7.33. The van der Waals surface area contributed by atoms with Crippen molar-refractivity contribution in [1.82, 2.24) is 15.3 Å². The van der Waals surface area contributed by atoms with E-state index in [9.17, 15) is 18.0 Å². The lowest BCUT2D eigenvalue weighted by atomic mass is 10.1. The van der Waals surface area contributed by atoms with E-state index in [-0.39, 0.29) is 18.4 Å². The monoisotopic (exact) mass is 338 g/mol. The molecule has 8 heteroatoms. The third kappa shape index (κ3) is 5.22. The van der Waals surface area contributed by atoms with Crippen LogP contribution in [-0.4, -0.2) is 22.4 Å². The molecule has 128 valence electrons. The minimum absolute atomic E-state index is 0.198. The van der Waals surface area contributed by atoms with Crippen molar-refractivity contribution in [2.75, 3.05) is 11.9 Å². The molecule has 5 nitrogen and oxygen atoms in total. The van der Waals surface area contributed by atoms with E-state index in [1.54, 1.807) is 25.4 Å². The normalized spacial score (nSPS) is 12.5. The second kappa shape index (κ2) is 7.76. The van der Waals surface area contributed by atoms with Crippen LogP contribution in [0.25, 0.3) is 0 Å². The molecule has 2 aromatic rings. The molecular weight excluding hydrogens is 321 g/mol. The lowest BCUT2D eigenvalue weighted by Gasteiger charge is -2.15. The number of carbonyl (C=O) groups is 1. The van der Waals surface area contributed by atoms with Gasteiger partial charge in [0.1, 0.15) is 0 Å². The minimum Gasteiger partial charge on any atom is -0.354 e. The van der Waals surface area contributed by atoms with Crippen molar-refractivity contribution in [1.29, 1.82) is 0 Å². The van der Waals surface area contributed by atoms with Gasteiger partial charge in [0, 0.05) is 25.4 Å². The van der Waals surface area contributed by atoms with Crippen LogP contribution in [-0.2, 0) is 11.0 Å². The van der Waals surface area contributed by atoms with Gasteiger partial charge in [0.25, 0.3) is 0 Å². The van der Waals surface area contributed by atoms with E-state index in [0.29, 0.717) is 18.1 Å². The van der Waals surface area contributed by atoms with Crippen LogP contribution in [0.5, 0.6) is 0 Å². The Labute approximate surface area is 137 Å². The standard InChI is InChI=1S/C16H17F3N4O/c1-11(12-3-5-13(6-4-12)16(17,18)19)23-14(24)7-10-22-15-20-8-2-9-21-15/h2-6,8-9,11H,7,10H2,1H3,(H,23,24)(H,20,21,22). The fraction of sp³-hybridized carbons (Fsp3) is 0.312. The van der Waals surface area contributed by atoms with E-state index in [1.165, 1.54) is 12.1 Å². The van der Waals surface area contributed by atoms with Gasteiger partial charge >= 0.3 is 6.18 Å². The van der Waals surface area contributed by atoms with Crippen molar-refractivity contribution in [3.63, 3.8) is 0 Å². The van der Waals surface area contributed by atoms with Crippen molar-refractivity contribution in [2.24, 2.45) is 0 Å². The van der Waals surface area contributed by atoms with Crippen molar-refractivity contribution in [3.8, 4) is 0 Å². The number of halogens is 3. The summed E-state index contributed by atoms with van der Waals surface area (Å²) in [5.41, 5.74) is -0.104. The zero-order chi connectivity index (χ0) is 17.6. The van der Waals surface area contributed by atoms with E-state index in [0.717, 1.165) is 12.1 Å². The van der Waals surface area contributed by atoms with Crippen LogP contribution in [0.15, 0.2) is 42.7 Å². The molecule has 0 saturated heterocycles. The summed E-state index contributed by atoms with van der Waals surface area (Å²) in [6.45, 7) is 2.07. The largest absolute Gasteiger partial charge is 0.416 e. The first-order chi connectivity index (χ1) is 11.4. The Hall–Kier alpha value is -2.64. The molecule has 0 saturated carbocycles. The molecule has 1 unspecified atom stereocenters. The van der Waals surface area contributed by atoms with E-state index in [1.807, 2.05) is 0 Å². The van der Waals surface area contributed by atoms with Gasteiger partial charge in [-0.15, -0.1) is 0 Å². The summed E-state index contributed by atoms with van der Waals surface area (Å²) in [7, 11) is 0. The molecule has 0 aliphatic carbocycles. The number of nitrogens with zero attached hydrogens (tertiary/aromatic N) is 2. The van der Waals surface area contributed by atoms with Crippen LogP contribution in [0.1, 0.15) is 30.5 Å². The molecule has 1 heterocycles.